The van der Waals surface area contributed by atoms with E-state index in [0.717, 1.165) is 60.4 Å². The number of nitrogens with zero attached hydrogens (tertiary/aromatic N) is 4. The number of rotatable bonds is 9. The Kier molecular flexibility index (Phi) is 12.4. The number of benzene rings is 1. The van der Waals surface area contributed by atoms with Gasteiger partial charge in [0.25, 0.3) is 5.91 Å². The van der Waals surface area contributed by atoms with Gasteiger partial charge in [-0.25, -0.2) is 4.98 Å². The topological polar surface area (TPSA) is 65.7 Å². The van der Waals surface area contributed by atoms with E-state index in [1.807, 2.05) is 45.2 Å². The molecule has 1 aliphatic heterocycles. The van der Waals surface area contributed by atoms with Crippen LogP contribution in [0.1, 0.15) is 54.2 Å². The Labute approximate surface area is 236 Å². The first kappa shape index (κ1) is 31.7. The van der Waals surface area contributed by atoms with E-state index in [1.165, 1.54) is 16.7 Å². The highest BCUT2D eigenvalue weighted by Gasteiger charge is 2.16. The van der Waals surface area contributed by atoms with Crippen LogP contribution in [0.2, 0.25) is 0 Å². The molecule has 0 saturated heterocycles. The molecule has 6 nitrogen and oxygen atoms in total. The summed E-state index contributed by atoms with van der Waals surface area (Å²) in [6, 6.07) is 10.0. The van der Waals surface area contributed by atoms with E-state index >= 15 is 0 Å². The molecule has 0 aliphatic carbocycles. The van der Waals surface area contributed by atoms with Crippen LogP contribution < -0.4 is 5.73 Å². The third-order valence-electron chi connectivity index (χ3n) is 6.52. The number of pyridine rings is 1. The fraction of sp³-hybridized carbons (Fsp3) is 0.394. The van der Waals surface area contributed by atoms with Crippen molar-refractivity contribution in [1.29, 1.82) is 0 Å². The first-order valence-electron chi connectivity index (χ1n) is 13.7. The van der Waals surface area contributed by atoms with Gasteiger partial charge in [0.15, 0.2) is 0 Å². The molecular weight excluding hydrogens is 482 g/mol. The first-order chi connectivity index (χ1) is 18.5. The number of hydrogen-bond donors (Lipinski definition) is 1. The molecule has 1 aromatic heterocycles. The fourth-order valence-electron chi connectivity index (χ4n) is 4.51. The average Bonchev–Trinajstić information content (AvgIpc) is 2.90. The summed E-state index contributed by atoms with van der Waals surface area (Å²) in [5.41, 5.74) is 14.5. The van der Waals surface area contributed by atoms with Crippen LogP contribution in [0.25, 0.3) is 11.1 Å². The fourth-order valence-corrected chi connectivity index (χ4v) is 4.51. The summed E-state index contributed by atoms with van der Waals surface area (Å²) in [6.45, 7) is 16.1. The molecule has 0 fully saturated rings. The van der Waals surface area contributed by atoms with Gasteiger partial charge in [0.2, 0.25) is 0 Å². The maximum Gasteiger partial charge on any atom is 0.253 e. The van der Waals surface area contributed by atoms with Crippen LogP contribution in [-0.2, 0) is 0 Å². The van der Waals surface area contributed by atoms with Crippen molar-refractivity contribution < 1.29 is 4.79 Å². The molecule has 6 heteroatoms. The number of nitrogen functional groups attached to an aromatic ring is 1. The summed E-state index contributed by atoms with van der Waals surface area (Å²) in [5.74, 6) is 0.558. The molecule has 0 bridgehead atoms. The van der Waals surface area contributed by atoms with E-state index in [9.17, 15) is 4.79 Å². The predicted octanol–water partition coefficient (Wildman–Crippen LogP) is 5.94. The van der Waals surface area contributed by atoms with Crippen LogP contribution >= 0.6 is 0 Å². The molecule has 0 spiro atoms. The van der Waals surface area contributed by atoms with Crippen molar-refractivity contribution >= 4 is 22.9 Å². The molecule has 0 unspecified atom stereocenters. The number of anilines is 1. The molecular formula is C33H47N5O. The summed E-state index contributed by atoms with van der Waals surface area (Å²) in [5, 5.41) is 0. The molecule has 1 aromatic carbocycles. The van der Waals surface area contributed by atoms with Gasteiger partial charge in [0.05, 0.1) is 0 Å². The Hall–Kier alpha value is -3.48. The highest BCUT2D eigenvalue weighted by Crippen LogP contribution is 2.27. The number of amides is 1. The lowest BCUT2D eigenvalue weighted by molar-refractivity contribution is 0.0827. The molecule has 2 N–H and O–H groups in total. The largest absolute Gasteiger partial charge is 0.384 e. The Morgan fingerprint density at radius 1 is 1.15 bits per heavy atom. The van der Waals surface area contributed by atoms with Gasteiger partial charge in [-0.1, -0.05) is 56.4 Å². The molecule has 2 aromatic rings. The van der Waals surface area contributed by atoms with Crippen molar-refractivity contribution in [3.63, 3.8) is 0 Å². The molecule has 210 valence electrons. The second-order valence-corrected chi connectivity index (χ2v) is 10.3. The quantitative estimate of drug-likeness (QED) is 0.408. The molecule has 1 aliphatic rings. The molecule has 1 amide bonds. The van der Waals surface area contributed by atoms with Crippen LogP contribution in [0.3, 0.4) is 0 Å². The highest BCUT2D eigenvalue weighted by atomic mass is 16.2. The summed E-state index contributed by atoms with van der Waals surface area (Å²) in [4.78, 5) is 22.8. The zero-order chi connectivity index (χ0) is 29.1. The Bertz CT molecular complexity index is 1220. The number of nitrogens with two attached hydrogens (primary N) is 1. The van der Waals surface area contributed by atoms with E-state index in [1.54, 1.807) is 19.0 Å². The molecule has 0 atom stereocenters. The van der Waals surface area contributed by atoms with Crippen molar-refractivity contribution in [2.24, 2.45) is 0 Å². The van der Waals surface area contributed by atoms with E-state index in [-0.39, 0.29) is 5.91 Å². The van der Waals surface area contributed by atoms with Crippen LogP contribution in [0, 0.1) is 6.92 Å². The summed E-state index contributed by atoms with van der Waals surface area (Å²) < 4.78 is 0. The van der Waals surface area contributed by atoms with E-state index in [2.05, 4.69) is 72.7 Å². The van der Waals surface area contributed by atoms with Gasteiger partial charge in [0.1, 0.15) is 5.82 Å². The average molecular weight is 530 g/mol. The number of aryl methyl sites for hydroxylation is 1. The van der Waals surface area contributed by atoms with Crippen LogP contribution in [-0.4, -0.2) is 80.0 Å². The van der Waals surface area contributed by atoms with Gasteiger partial charge in [-0.05, 0) is 80.4 Å². The Morgan fingerprint density at radius 2 is 1.87 bits per heavy atom. The summed E-state index contributed by atoms with van der Waals surface area (Å²) in [7, 11) is 7.68. The SMILES string of the molecule is C=C(/C=C(\C)CN1CC=C(c2ccc(C(=O)N(C)C)c(C)c2)CC1)/C(=C\CN(C)C)c1ccc(N)nc1.CC. The maximum atomic E-state index is 12.4. The van der Waals surface area contributed by atoms with Gasteiger partial charge in [-0.3, -0.25) is 9.69 Å². The minimum absolute atomic E-state index is 0.0454. The standard InChI is InChI=1S/C31H41N5O.C2H6/c1-22(18-23(2)28(14-15-34(4)5)27-9-11-30(32)33-20-27)21-36-16-12-25(13-17-36)26-8-10-29(24(3)19-26)31(37)35(6)7;1-2/h8-12,14,18-20H,2,13,15-17,21H2,1,3-7H3,(H2,32,33);1-2H3/b22-18+,28-14+;. The van der Waals surface area contributed by atoms with E-state index in [0.29, 0.717) is 5.82 Å². The summed E-state index contributed by atoms with van der Waals surface area (Å²) in [6.07, 6.45) is 9.48. The normalized spacial score (nSPS) is 14.4. The third kappa shape index (κ3) is 9.34. The Morgan fingerprint density at radius 3 is 2.41 bits per heavy atom. The lowest BCUT2D eigenvalue weighted by Gasteiger charge is -2.27. The molecule has 0 saturated carbocycles. The zero-order valence-corrected chi connectivity index (χ0v) is 25.2. The van der Waals surface area contributed by atoms with Gasteiger partial charge in [-0.2, -0.15) is 0 Å². The van der Waals surface area contributed by atoms with Crippen LogP contribution in [0.15, 0.2) is 72.5 Å². The number of allylic oxidation sites excluding steroid dienone is 3. The smallest absolute Gasteiger partial charge is 0.253 e. The van der Waals surface area contributed by atoms with Crippen LogP contribution in [0.4, 0.5) is 5.82 Å². The van der Waals surface area contributed by atoms with Gasteiger partial charge in [-0.15, -0.1) is 0 Å². The lowest BCUT2D eigenvalue weighted by Crippen LogP contribution is -2.30. The minimum atomic E-state index is 0.0454. The zero-order valence-electron chi connectivity index (χ0n) is 25.2. The van der Waals surface area contributed by atoms with Gasteiger partial charge >= 0.3 is 0 Å². The number of carbonyl (C=O) groups excluding carboxylic acids is 1. The second kappa shape index (κ2) is 15.2. The van der Waals surface area contributed by atoms with E-state index in [4.69, 9.17) is 5.73 Å². The van der Waals surface area contributed by atoms with Crippen molar-refractivity contribution in [1.82, 2.24) is 19.7 Å². The molecule has 0 radical (unpaired) electrons. The number of aromatic nitrogens is 1. The van der Waals surface area contributed by atoms with Crippen molar-refractivity contribution in [2.75, 3.05) is 60.1 Å². The predicted molar refractivity (Wildman–Crippen MR) is 168 cm³/mol. The highest BCUT2D eigenvalue weighted by molar-refractivity contribution is 5.95. The molecule has 2 heterocycles. The monoisotopic (exact) mass is 529 g/mol. The number of carbonyl (C=O) groups is 1. The Balaban J connectivity index is 0.00000260. The van der Waals surface area contributed by atoms with Crippen molar-refractivity contribution in [3.05, 3.63) is 94.7 Å². The lowest BCUT2D eigenvalue weighted by atomic mass is 9.95. The first-order valence-corrected chi connectivity index (χ1v) is 13.7. The number of hydrogen-bond acceptors (Lipinski definition) is 5. The minimum Gasteiger partial charge on any atom is -0.384 e. The maximum absolute atomic E-state index is 12.4. The third-order valence-corrected chi connectivity index (χ3v) is 6.52. The second-order valence-electron chi connectivity index (χ2n) is 10.3. The summed E-state index contributed by atoms with van der Waals surface area (Å²) >= 11 is 0. The van der Waals surface area contributed by atoms with E-state index < -0.39 is 0 Å². The van der Waals surface area contributed by atoms with Gasteiger partial charge < -0.3 is 15.5 Å². The molecule has 3 rings (SSSR count). The van der Waals surface area contributed by atoms with Crippen molar-refractivity contribution in [2.45, 2.75) is 34.1 Å². The van der Waals surface area contributed by atoms with Crippen molar-refractivity contribution in [3.8, 4) is 0 Å². The van der Waals surface area contributed by atoms with Gasteiger partial charge in [0, 0.05) is 57.6 Å². The molecule has 39 heavy (non-hydrogen) atoms. The van der Waals surface area contributed by atoms with Crippen LogP contribution in [0.5, 0.6) is 0 Å². The number of likely N-dealkylation sites (N-methyl/N-ethyl adjacent to an activating group) is 1.